The van der Waals surface area contributed by atoms with Gasteiger partial charge in [-0.05, 0) is 52.7 Å². The van der Waals surface area contributed by atoms with Gasteiger partial charge in [-0.1, -0.05) is 59.0 Å². The van der Waals surface area contributed by atoms with Crippen molar-refractivity contribution < 1.29 is 9.59 Å². The molecule has 0 spiro atoms. The molecule has 0 bridgehead atoms. The van der Waals surface area contributed by atoms with E-state index in [9.17, 15) is 14.9 Å². The minimum atomic E-state index is -0.578. The summed E-state index contributed by atoms with van der Waals surface area (Å²) in [6, 6.07) is 1.95. The number of hydrogen-bond donors (Lipinski definition) is 1. The van der Waals surface area contributed by atoms with Crippen molar-refractivity contribution in [3.63, 3.8) is 0 Å². The van der Waals surface area contributed by atoms with Gasteiger partial charge >= 0.3 is 0 Å². The number of nitrogens with two attached hydrogens (primary N) is 1. The third-order valence-corrected chi connectivity index (χ3v) is 10.6. The number of aromatic nitrogens is 3. The van der Waals surface area contributed by atoms with Crippen LogP contribution in [0.25, 0.3) is 16.6 Å². The normalized spacial score (nSPS) is 14.7. The number of nitrogens with zero attached hydrogens (tertiary/aromatic N) is 9. The van der Waals surface area contributed by atoms with Crippen molar-refractivity contribution in [3.05, 3.63) is 26.7 Å². The zero-order chi connectivity index (χ0) is 32.8. The van der Waals surface area contributed by atoms with E-state index in [0.717, 1.165) is 64.0 Å². The molecule has 0 saturated heterocycles. The number of amides is 2. The van der Waals surface area contributed by atoms with E-state index in [-0.39, 0.29) is 28.0 Å². The lowest BCUT2D eigenvalue weighted by Crippen LogP contribution is -2.43. The molecular weight excluding hydrogens is 652 g/mol. The van der Waals surface area contributed by atoms with Crippen molar-refractivity contribution >= 4 is 89.7 Å². The molecular formula is C29H35ClN10O2S3. The zero-order valence-corrected chi connectivity index (χ0v) is 29.3. The molecule has 3 aromatic rings. The number of halogens is 1. The van der Waals surface area contributed by atoms with Crippen molar-refractivity contribution in [3.8, 4) is 16.6 Å². The Bertz CT molecular complexity index is 1710. The Morgan fingerprint density at radius 1 is 0.956 bits per heavy atom. The molecule has 0 radical (unpaired) electrons. The predicted molar refractivity (Wildman–Crippen MR) is 184 cm³/mol. The monoisotopic (exact) mass is 686 g/mol. The number of carbonyl (C=O) groups excluding carboxylic acids is 2. The van der Waals surface area contributed by atoms with Gasteiger partial charge < -0.3 is 15.5 Å². The third-order valence-electron chi connectivity index (χ3n) is 7.18. The lowest BCUT2D eigenvalue weighted by Gasteiger charge is -2.27. The third kappa shape index (κ3) is 7.09. The first-order chi connectivity index (χ1) is 21.6. The number of imide groups is 1. The number of nitriles is 1. The van der Waals surface area contributed by atoms with Gasteiger partial charge in [-0.3, -0.25) is 14.5 Å². The molecule has 0 saturated carbocycles. The van der Waals surface area contributed by atoms with E-state index in [1.165, 1.54) is 22.7 Å². The molecule has 12 nitrogen and oxygen atoms in total. The van der Waals surface area contributed by atoms with Crippen molar-refractivity contribution in [2.24, 2.45) is 10.2 Å². The molecule has 0 aliphatic carbocycles. The fourth-order valence-electron chi connectivity index (χ4n) is 4.57. The van der Waals surface area contributed by atoms with E-state index in [1.54, 1.807) is 13.0 Å². The molecule has 238 valence electrons. The zero-order valence-electron chi connectivity index (χ0n) is 26.0. The van der Waals surface area contributed by atoms with E-state index in [0.29, 0.717) is 33.4 Å². The van der Waals surface area contributed by atoms with Crippen LogP contribution in [-0.4, -0.2) is 64.4 Å². The minimum Gasteiger partial charge on any atom is -0.382 e. The van der Waals surface area contributed by atoms with Crippen molar-refractivity contribution in [2.75, 3.05) is 48.3 Å². The van der Waals surface area contributed by atoms with Crippen molar-refractivity contribution in [2.45, 2.75) is 54.4 Å². The van der Waals surface area contributed by atoms with Gasteiger partial charge in [0.2, 0.25) is 5.13 Å². The van der Waals surface area contributed by atoms with Gasteiger partial charge in [0.1, 0.15) is 33.2 Å². The molecule has 1 aliphatic heterocycles. The second kappa shape index (κ2) is 15.0. The van der Waals surface area contributed by atoms with Crippen LogP contribution in [0.5, 0.6) is 0 Å². The van der Waals surface area contributed by atoms with Gasteiger partial charge in [-0.15, -0.1) is 10.2 Å². The highest BCUT2D eigenvalue weighted by Crippen LogP contribution is 2.46. The largest absolute Gasteiger partial charge is 0.382 e. The maximum absolute atomic E-state index is 13.3. The lowest BCUT2D eigenvalue weighted by atomic mass is 9.94. The van der Waals surface area contributed by atoms with Crippen molar-refractivity contribution in [1.29, 1.82) is 5.26 Å². The number of unbranched alkanes of at least 4 members (excludes halogenated alkanes) is 1. The van der Waals surface area contributed by atoms with E-state index >= 15 is 0 Å². The number of carbonyl (C=O) groups is 2. The second-order valence-electron chi connectivity index (χ2n) is 9.84. The van der Waals surface area contributed by atoms with Crippen molar-refractivity contribution in [1.82, 2.24) is 19.9 Å². The minimum absolute atomic E-state index is 0.0641. The smallest absolute Gasteiger partial charge is 0.271 e. The highest BCUT2D eigenvalue weighted by Gasteiger charge is 2.35. The van der Waals surface area contributed by atoms with Crippen LogP contribution in [0.2, 0.25) is 5.15 Å². The van der Waals surface area contributed by atoms with Gasteiger partial charge in [-0.25, -0.2) is 15.0 Å². The van der Waals surface area contributed by atoms with E-state index in [4.69, 9.17) is 22.3 Å². The lowest BCUT2D eigenvalue weighted by molar-refractivity contribution is -0.140. The molecule has 0 aromatic carbocycles. The first-order valence-corrected chi connectivity index (χ1v) is 17.5. The van der Waals surface area contributed by atoms with Gasteiger partial charge in [0.15, 0.2) is 15.3 Å². The summed E-state index contributed by atoms with van der Waals surface area (Å²) in [5.41, 5.74) is 7.44. The maximum Gasteiger partial charge on any atom is 0.271 e. The summed E-state index contributed by atoms with van der Waals surface area (Å²) in [6.07, 6.45) is 2.98. The average molecular weight is 687 g/mol. The van der Waals surface area contributed by atoms with Gasteiger partial charge in [-0.2, -0.15) is 5.26 Å². The van der Waals surface area contributed by atoms with Crippen LogP contribution < -0.4 is 15.5 Å². The first kappa shape index (κ1) is 34.2. The summed E-state index contributed by atoms with van der Waals surface area (Å²) in [5, 5.41) is 21.1. The second-order valence-corrected chi connectivity index (χ2v) is 13.1. The van der Waals surface area contributed by atoms with Crippen LogP contribution in [0, 0.1) is 11.3 Å². The Labute approximate surface area is 279 Å². The highest BCUT2D eigenvalue weighted by atomic mass is 35.5. The average Bonchev–Trinajstić information content (AvgIpc) is 3.72. The Morgan fingerprint density at radius 3 is 2.20 bits per heavy atom. The summed E-state index contributed by atoms with van der Waals surface area (Å²) in [4.78, 5) is 46.5. The Morgan fingerprint density at radius 2 is 1.60 bits per heavy atom. The first-order valence-electron chi connectivity index (χ1n) is 14.7. The molecule has 3 aromatic heterocycles. The van der Waals surface area contributed by atoms with E-state index < -0.39 is 11.8 Å². The summed E-state index contributed by atoms with van der Waals surface area (Å²) >= 11 is 10.5. The number of anilines is 3. The van der Waals surface area contributed by atoms with Crippen LogP contribution >= 0.6 is 45.6 Å². The fraction of sp³-hybridized carbons (Fsp3) is 0.448. The Balaban J connectivity index is 1.73. The molecule has 4 heterocycles. The molecule has 4 rings (SSSR count). The van der Waals surface area contributed by atoms with Crippen LogP contribution in [0.15, 0.2) is 26.9 Å². The van der Waals surface area contributed by atoms with Crippen LogP contribution in [0.1, 0.15) is 59.3 Å². The Kier molecular flexibility index (Phi) is 11.4. The molecule has 45 heavy (non-hydrogen) atoms. The number of hydrogen-bond acceptors (Lipinski definition) is 14. The SMILES string of the molecule is CCCCN1C(=O)C(C#N)=C(C)/C(=C\c2sc(/N=N/c3sc(N(CC)CC)nc3-c3sc(N(CC)CC)nc3N)nc2Cl)C1=O. The molecule has 2 N–H and O–H groups in total. The van der Waals surface area contributed by atoms with Crippen LogP contribution in [-0.2, 0) is 9.59 Å². The number of nitrogen functional groups attached to an aromatic ring is 1. The molecule has 1 aliphatic rings. The highest BCUT2D eigenvalue weighted by molar-refractivity contribution is 7.22. The molecule has 0 atom stereocenters. The van der Waals surface area contributed by atoms with Crippen LogP contribution in [0.3, 0.4) is 0 Å². The summed E-state index contributed by atoms with van der Waals surface area (Å²) in [7, 11) is 0. The number of azo groups is 1. The topological polar surface area (TPSA) is 157 Å². The predicted octanol–water partition coefficient (Wildman–Crippen LogP) is 7.46. The fourth-order valence-corrected chi connectivity index (χ4v) is 7.78. The quantitative estimate of drug-likeness (QED) is 0.109. The summed E-state index contributed by atoms with van der Waals surface area (Å²) in [5.74, 6) is -0.669. The van der Waals surface area contributed by atoms with E-state index in [2.05, 4.69) is 57.7 Å². The maximum atomic E-state index is 13.3. The summed E-state index contributed by atoms with van der Waals surface area (Å²) in [6.45, 7) is 15.2. The van der Waals surface area contributed by atoms with Gasteiger partial charge in [0, 0.05) is 38.3 Å². The molecule has 0 unspecified atom stereocenters. The Hall–Kier alpha value is -3.71. The molecule has 16 heteroatoms. The number of rotatable bonds is 13. The van der Waals surface area contributed by atoms with Crippen LogP contribution in [0.4, 0.5) is 26.2 Å². The number of thiazole rings is 3. The van der Waals surface area contributed by atoms with Gasteiger partial charge in [0.25, 0.3) is 11.8 Å². The standard InChI is InChI=1S/C29H35ClN10O2S3/c1-7-12-13-40-25(41)17(16(6)18(15-31)26(40)42)14-19-22(30)34-27(43-19)37-36-24-20(33-28(45-24)38(8-2)9-3)21-23(32)35-29(44-21)39(10-4)11-5/h14H,7-13,32H2,1-6H3/b17-14+,37-36+. The van der Waals surface area contributed by atoms with Gasteiger partial charge in [0.05, 0.1) is 4.88 Å². The molecule has 0 fully saturated rings. The molecule has 2 amide bonds. The van der Waals surface area contributed by atoms with E-state index in [1.807, 2.05) is 13.0 Å². The summed E-state index contributed by atoms with van der Waals surface area (Å²) < 4.78 is 0.